The molecule has 0 aromatic carbocycles. The molecule has 84 valence electrons. The van der Waals surface area contributed by atoms with Gasteiger partial charge in [0.05, 0.1) is 6.10 Å². The average molecular weight is 200 g/mol. The zero-order valence-electron chi connectivity index (χ0n) is 9.37. The molecular weight excluding hydrogens is 176 g/mol. The van der Waals surface area contributed by atoms with Crippen LogP contribution in [0.3, 0.4) is 0 Å². The Labute approximate surface area is 87.7 Å². The quantitative estimate of drug-likeness (QED) is 0.639. The van der Waals surface area contributed by atoms with E-state index in [1.807, 2.05) is 0 Å². The summed E-state index contributed by atoms with van der Waals surface area (Å²) in [7, 11) is 0. The first-order valence-electron chi connectivity index (χ1n) is 6.16. The van der Waals surface area contributed by atoms with Crippen molar-refractivity contribution in [1.82, 2.24) is 0 Å². The van der Waals surface area contributed by atoms with Crippen molar-refractivity contribution in [3.05, 3.63) is 0 Å². The topological polar surface area (TPSA) is 29.5 Å². The van der Waals surface area contributed by atoms with Gasteiger partial charge in [0.15, 0.2) is 6.29 Å². The van der Waals surface area contributed by atoms with E-state index >= 15 is 0 Å². The minimum Gasteiger partial charge on any atom is -0.368 e. The summed E-state index contributed by atoms with van der Waals surface area (Å²) in [4.78, 5) is 0. The van der Waals surface area contributed by atoms with E-state index in [0.717, 1.165) is 19.3 Å². The van der Waals surface area contributed by atoms with Crippen LogP contribution in [0.25, 0.3) is 0 Å². The van der Waals surface area contributed by atoms with Crippen molar-refractivity contribution in [2.24, 2.45) is 0 Å². The standard InChI is InChI=1S/C12H24O2/c1-2-3-4-5-6-7-8-11-9-10-12(13)14-11/h11-13H,2-10H2,1H3. The summed E-state index contributed by atoms with van der Waals surface area (Å²) in [6, 6.07) is 0. The molecule has 1 heterocycles. The van der Waals surface area contributed by atoms with E-state index in [1.54, 1.807) is 0 Å². The Morgan fingerprint density at radius 1 is 1.07 bits per heavy atom. The summed E-state index contributed by atoms with van der Waals surface area (Å²) < 4.78 is 5.34. The molecule has 1 aliphatic rings. The van der Waals surface area contributed by atoms with Crippen LogP contribution in [0.5, 0.6) is 0 Å². The molecule has 0 spiro atoms. The molecule has 2 unspecified atom stereocenters. The van der Waals surface area contributed by atoms with Gasteiger partial charge in [-0.25, -0.2) is 0 Å². The Morgan fingerprint density at radius 2 is 1.79 bits per heavy atom. The predicted molar refractivity (Wildman–Crippen MR) is 58.1 cm³/mol. The van der Waals surface area contributed by atoms with Gasteiger partial charge >= 0.3 is 0 Å². The molecule has 1 saturated heterocycles. The third kappa shape index (κ3) is 4.97. The zero-order valence-corrected chi connectivity index (χ0v) is 9.37. The first-order valence-corrected chi connectivity index (χ1v) is 6.16. The van der Waals surface area contributed by atoms with Gasteiger partial charge in [-0.3, -0.25) is 0 Å². The van der Waals surface area contributed by atoms with Crippen molar-refractivity contribution in [3.8, 4) is 0 Å². The summed E-state index contributed by atoms with van der Waals surface area (Å²) in [5, 5.41) is 9.15. The van der Waals surface area contributed by atoms with Gasteiger partial charge in [0.1, 0.15) is 0 Å². The lowest BCUT2D eigenvalue weighted by Crippen LogP contribution is -2.09. The fourth-order valence-electron chi connectivity index (χ4n) is 2.05. The highest BCUT2D eigenvalue weighted by Crippen LogP contribution is 2.22. The third-order valence-corrected chi connectivity index (χ3v) is 2.96. The van der Waals surface area contributed by atoms with Crippen molar-refractivity contribution in [2.75, 3.05) is 0 Å². The SMILES string of the molecule is CCCCCCCCC1CCC(O)O1. The monoisotopic (exact) mass is 200 g/mol. The predicted octanol–water partition coefficient (Wildman–Crippen LogP) is 3.23. The molecule has 2 nitrogen and oxygen atoms in total. The molecule has 0 aliphatic carbocycles. The van der Waals surface area contributed by atoms with E-state index in [2.05, 4.69) is 6.92 Å². The largest absolute Gasteiger partial charge is 0.368 e. The maximum Gasteiger partial charge on any atom is 0.154 e. The molecule has 1 fully saturated rings. The lowest BCUT2D eigenvalue weighted by atomic mass is 10.1. The van der Waals surface area contributed by atoms with Crippen LogP contribution in [0.2, 0.25) is 0 Å². The fourth-order valence-corrected chi connectivity index (χ4v) is 2.05. The highest BCUT2D eigenvalue weighted by atomic mass is 16.6. The maximum atomic E-state index is 9.15. The summed E-state index contributed by atoms with van der Waals surface area (Å²) in [6.07, 6.45) is 10.9. The Hall–Kier alpha value is -0.0800. The maximum absolute atomic E-state index is 9.15. The summed E-state index contributed by atoms with van der Waals surface area (Å²) in [5.41, 5.74) is 0. The first kappa shape index (κ1) is 12.0. The van der Waals surface area contributed by atoms with Gasteiger partial charge in [0.25, 0.3) is 0 Å². The van der Waals surface area contributed by atoms with Gasteiger partial charge in [0.2, 0.25) is 0 Å². The van der Waals surface area contributed by atoms with Crippen LogP contribution >= 0.6 is 0 Å². The van der Waals surface area contributed by atoms with Crippen LogP contribution in [-0.4, -0.2) is 17.5 Å². The van der Waals surface area contributed by atoms with E-state index in [1.165, 1.54) is 38.5 Å². The smallest absolute Gasteiger partial charge is 0.154 e. The molecule has 0 aromatic rings. The summed E-state index contributed by atoms with van der Waals surface area (Å²) >= 11 is 0. The van der Waals surface area contributed by atoms with Gasteiger partial charge in [0, 0.05) is 6.42 Å². The molecule has 2 heteroatoms. The van der Waals surface area contributed by atoms with Crippen molar-refractivity contribution in [3.63, 3.8) is 0 Å². The second-order valence-corrected chi connectivity index (χ2v) is 4.35. The molecule has 0 aromatic heterocycles. The molecule has 2 atom stereocenters. The Morgan fingerprint density at radius 3 is 2.43 bits per heavy atom. The number of aliphatic hydroxyl groups excluding tert-OH is 1. The van der Waals surface area contributed by atoms with Gasteiger partial charge in [-0.05, 0) is 12.8 Å². The van der Waals surface area contributed by atoms with E-state index in [9.17, 15) is 0 Å². The van der Waals surface area contributed by atoms with Crippen LogP contribution < -0.4 is 0 Å². The van der Waals surface area contributed by atoms with E-state index in [4.69, 9.17) is 9.84 Å². The summed E-state index contributed by atoms with van der Waals surface area (Å²) in [5.74, 6) is 0. The van der Waals surface area contributed by atoms with Gasteiger partial charge in [-0.1, -0.05) is 45.4 Å². The highest BCUT2D eigenvalue weighted by Gasteiger charge is 2.22. The number of hydrogen-bond acceptors (Lipinski definition) is 2. The lowest BCUT2D eigenvalue weighted by Gasteiger charge is -2.09. The molecule has 14 heavy (non-hydrogen) atoms. The molecule has 1 aliphatic heterocycles. The second kappa shape index (κ2) is 7.24. The number of rotatable bonds is 7. The van der Waals surface area contributed by atoms with Crippen LogP contribution in [0.1, 0.15) is 64.7 Å². The minimum absolute atomic E-state index is 0.344. The first-order chi connectivity index (χ1) is 6.83. The van der Waals surface area contributed by atoms with E-state index in [0.29, 0.717) is 6.10 Å². The normalized spacial score (nSPS) is 27.0. The van der Waals surface area contributed by atoms with Crippen LogP contribution in [0.4, 0.5) is 0 Å². The van der Waals surface area contributed by atoms with Crippen LogP contribution in [-0.2, 0) is 4.74 Å². The van der Waals surface area contributed by atoms with Crippen molar-refractivity contribution >= 4 is 0 Å². The molecule has 1 N–H and O–H groups in total. The van der Waals surface area contributed by atoms with E-state index in [-0.39, 0.29) is 0 Å². The molecule has 0 saturated carbocycles. The van der Waals surface area contributed by atoms with E-state index < -0.39 is 6.29 Å². The zero-order chi connectivity index (χ0) is 10.2. The minimum atomic E-state index is -0.472. The lowest BCUT2D eigenvalue weighted by molar-refractivity contribution is -0.0920. The number of ether oxygens (including phenoxy) is 1. The molecule has 1 rings (SSSR count). The fraction of sp³-hybridized carbons (Fsp3) is 1.00. The average Bonchev–Trinajstić information content (AvgIpc) is 2.58. The van der Waals surface area contributed by atoms with Crippen molar-refractivity contribution in [1.29, 1.82) is 0 Å². The van der Waals surface area contributed by atoms with Crippen LogP contribution in [0.15, 0.2) is 0 Å². The second-order valence-electron chi connectivity index (χ2n) is 4.35. The van der Waals surface area contributed by atoms with Crippen molar-refractivity contribution < 1.29 is 9.84 Å². The number of aliphatic hydroxyl groups is 1. The highest BCUT2D eigenvalue weighted by molar-refractivity contribution is 4.67. The van der Waals surface area contributed by atoms with Gasteiger partial charge < -0.3 is 9.84 Å². The molecule has 0 bridgehead atoms. The molecular formula is C12H24O2. The number of unbranched alkanes of at least 4 members (excludes halogenated alkanes) is 5. The van der Waals surface area contributed by atoms with Crippen molar-refractivity contribution in [2.45, 2.75) is 77.1 Å². The third-order valence-electron chi connectivity index (χ3n) is 2.96. The molecule has 0 amide bonds. The van der Waals surface area contributed by atoms with Gasteiger partial charge in [-0.15, -0.1) is 0 Å². The van der Waals surface area contributed by atoms with Crippen LogP contribution in [0, 0.1) is 0 Å². The summed E-state index contributed by atoms with van der Waals surface area (Å²) in [6.45, 7) is 2.24. The Bertz CT molecular complexity index is 136. The number of hydrogen-bond donors (Lipinski definition) is 1. The Balaban J connectivity index is 1.84. The molecule has 0 radical (unpaired) electrons. The Kier molecular flexibility index (Phi) is 6.20. The van der Waals surface area contributed by atoms with Gasteiger partial charge in [-0.2, -0.15) is 0 Å².